The summed E-state index contributed by atoms with van der Waals surface area (Å²) < 4.78 is 43.6. The number of allylic oxidation sites excluding steroid dienone is 4. The molecule has 4 aliphatic carbocycles. The van der Waals surface area contributed by atoms with Crippen molar-refractivity contribution < 1.29 is 13.2 Å². The molecule has 2 fully saturated rings. The van der Waals surface area contributed by atoms with Crippen LogP contribution in [0.25, 0.3) is 0 Å². The van der Waals surface area contributed by atoms with Crippen LogP contribution in [0.4, 0.5) is 13.2 Å². The van der Waals surface area contributed by atoms with Gasteiger partial charge in [-0.25, -0.2) is 13.2 Å². The Morgan fingerprint density at radius 1 is 1.05 bits per heavy atom. The van der Waals surface area contributed by atoms with E-state index < -0.39 is 22.5 Å². The van der Waals surface area contributed by atoms with Crippen LogP contribution in [0.2, 0.25) is 0 Å². The Morgan fingerprint density at radius 2 is 1.62 bits per heavy atom. The molecule has 0 heterocycles. The smallest absolute Gasteiger partial charge is 0.142 e. The van der Waals surface area contributed by atoms with Gasteiger partial charge < -0.3 is 0 Å². The predicted octanol–water partition coefficient (Wildman–Crippen LogP) is 6.40. The maximum Gasteiger partial charge on any atom is 0.142 e. The second kappa shape index (κ2) is 5.17. The summed E-state index contributed by atoms with van der Waals surface area (Å²) in [6.45, 7) is 4.05. The van der Waals surface area contributed by atoms with Gasteiger partial charge in [-0.1, -0.05) is 26.7 Å². The van der Waals surface area contributed by atoms with Crippen LogP contribution in [-0.2, 0) is 0 Å². The van der Waals surface area contributed by atoms with Crippen molar-refractivity contribution in [2.75, 3.05) is 0 Å². The first-order chi connectivity index (χ1) is 9.86. The minimum Gasteiger partial charge on any atom is -0.212 e. The molecule has 2 bridgehead atoms. The highest BCUT2D eigenvalue weighted by Gasteiger charge is 2.51. The van der Waals surface area contributed by atoms with E-state index in [9.17, 15) is 13.2 Å². The summed E-state index contributed by atoms with van der Waals surface area (Å²) in [4.78, 5) is 0. The second-order valence-corrected chi connectivity index (χ2v) is 7.83. The van der Waals surface area contributed by atoms with Gasteiger partial charge in [0.2, 0.25) is 0 Å². The van der Waals surface area contributed by atoms with E-state index in [4.69, 9.17) is 0 Å². The molecule has 2 saturated carbocycles. The van der Waals surface area contributed by atoms with Gasteiger partial charge in [-0.15, -0.1) is 0 Å². The van der Waals surface area contributed by atoms with E-state index in [1.807, 2.05) is 6.92 Å². The minimum atomic E-state index is -0.991. The molecule has 4 rings (SSSR count). The molecular weight excluding hydrogens is 273 g/mol. The van der Waals surface area contributed by atoms with E-state index >= 15 is 0 Å². The van der Waals surface area contributed by atoms with Gasteiger partial charge in [-0.05, 0) is 50.5 Å². The summed E-state index contributed by atoms with van der Waals surface area (Å²) in [7, 11) is 0. The monoisotopic (exact) mass is 298 g/mol. The predicted molar refractivity (Wildman–Crippen MR) is 78.6 cm³/mol. The summed E-state index contributed by atoms with van der Waals surface area (Å²) in [5.74, 6) is -1.17. The molecule has 0 aliphatic heterocycles. The van der Waals surface area contributed by atoms with Crippen molar-refractivity contribution in [1.29, 1.82) is 0 Å². The Balaban J connectivity index is 1.87. The fourth-order valence-electron chi connectivity index (χ4n) is 4.26. The van der Waals surface area contributed by atoms with Gasteiger partial charge in [-0.2, -0.15) is 0 Å². The largest absolute Gasteiger partial charge is 0.212 e. The standard InChI is InChI=1S/C18H25F3/c1-12-3-5-13(6-4-12)15(20)16(21)18-9-7-17(2,8-10-18)14(19)11-18/h11-13H,3-10H2,1-2H3/b16-15+. The van der Waals surface area contributed by atoms with Gasteiger partial charge >= 0.3 is 0 Å². The molecule has 0 nitrogen and oxygen atoms in total. The van der Waals surface area contributed by atoms with Gasteiger partial charge in [-0.3, -0.25) is 0 Å². The Bertz CT molecular complexity index is 473. The third kappa shape index (κ3) is 2.47. The van der Waals surface area contributed by atoms with E-state index in [-0.39, 0.29) is 11.7 Å². The first kappa shape index (κ1) is 15.2. The third-order valence-electron chi connectivity index (χ3n) is 6.25. The van der Waals surface area contributed by atoms with Crippen LogP contribution >= 0.6 is 0 Å². The lowest BCUT2D eigenvalue weighted by Crippen LogP contribution is -2.38. The highest BCUT2D eigenvalue weighted by Crippen LogP contribution is 2.60. The second-order valence-electron chi connectivity index (χ2n) is 7.83. The Labute approximate surface area is 125 Å². The van der Waals surface area contributed by atoms with Crippen LogP contribution in [0.3, 0.4) is 0 Å². The van der Waals surface area contributed by atoms with Crippen LogP contribution in [0.5, 0.6) is 0 Å². The molecule has 3 heteroatoms. The van der Waals surface area contributed by atoms with Crippen molar-refractivity contribution in [2.45, 2.75) is 65.2 Å². The summed E-state index contributed by atoms with van der Waals surface area (Å²) in [6.07, 6.45) is 7.08. The lowest BCUT2D eigenvalue weighted by Gasteiger charge is -2.47. The van der Waals surface area contributed by atoms with E-state index in [0.29, 0.717) is 31.6 Å². The van der Waals surface area contributed by atoms with E-state index in [1.165, 1.54) is 6.08 Å². The van der Waals surface area contributed by atoms with Gasteiger partial charge in [0, 0.05) is 16.7 Å². The van der Waals surface area contributed by atoms with Gasteiger partial charge in [0.05, 0.1) is 0 Å². The maximum atomic E-state index is 14.8. The zero-order valence-corrected chi connectivity index (χ0v) is 13.0. The molecule has 0 aromatic heterocycles. The first-order valence-corrected chi connectivity index (χ1v) is 8.31. The maximum absolute atomic E-state index is 14.8. The van der Waals surface area contributed by atoms with Gasteiger partial charge in [0.15, 0.2) is 0 Å². The van der Waals surface area contributed by atoms with Crippen molar-refractivity contribution in [2.24, 2.45) is 22.7 Å². The molecule has 0 spiro atoms. The van der Waals surface area contributed by atoms with Crippen LogP contribution in [0.1, 0.15) is 65.2 Å². The van der Waals surface area contributed by atoms with E-state index in [1.54, 1.807) is 0 Å². The molecule has 0 radical (unpaired) electrons. The Kier molecular flexibility index (Phi) is 3.74. The zero-order valence-electron chi connectivity index (χ0n) is 13.0. The van der Waals surface area contributed by atoms with Crippen molar-refractivity contribution in [3.05, 3.63) is 23.6 Å². The van der Waals surface area contributed by atoms with Crippen LogP contribution in [0, 0.1) is 22.7 Å². The zero-order chi connectivity index (χ0) is 15.3. The van der Waals surface area contributed by atoms with E-state index in [2.05, 4.69) is 6.92 Å². The van der Waals surface area contributed by atoms with Gasteiger partial charge in [0.25, 0.3) is 0 Å². The molecule has 0 atom stereocenters. The van der Waals surface area contributed by atoms with Gasteiger partial charge in [0.1, 0.15) is 17.5 Å². The summed E-state index contributed by atoms with van der Waals surface area (Å²) in [5, 5.41) is 0. The van der Waals surface area contributed by atoms with Crippen LogP contribution < -0.4 is 0 Å². The highest BCUT2D eigenvalue weighted by molar-refractivity contribution is 5.31. The van der Waals surface area contributed by atoms with Crippen molar-refractivity contribution >= 4 is 0 Å². The highest BCUT2D eigenvalue weighted by atomic mass is 19.2. The SMILES string of the molecule is CC1CCC(/C(F)=C(\F)C23C=C(F)C(C)(CC2)CC3)CC1. The Hall–Kier alpha value is -0.730. The fraction of sp³-hybridized carbons (Fsp3) is 0.778. The van der Waals surface area contributed by atoms with Crippen molar-refractivity contribution in [1.82, 2.24) is 0 Å². The average Bonchev–Trinajstić information content (AvgIpc) is 2.48. The topological polar surface area (TPSA) is 0 Å². The van der Waals surface area contributed by atoms with E-state index in [0.717, 1.165) is 25.7 Å². The van der Waals surface area contributed by atoms with Crippen LogP contribution in [-0.4, -0.2) is 0 Å². The number of hydrogen-bond donors (Lipinski definition) is 0. The summed E-state index contributed by atoms with van der Waals surface area (Å²) >= 11 is 0. The summed E-state index contributed by atoms with van der Waals surface area (Å²) in [6, 6.07) is 0. The molecule has 0 amide bonds. The quantitative estimate of drug-likeness (QED) is 0.553. The Morgan fingerprint density at radius 3 is 2.14 bits per heavy atom. The van der Waals surface area contributed by atoms with Crippen LogP contribution in [0.15, 0.2) is 23.6 Å². The molecular formula is C18H25F3. The molecule has 0 N–H and O–H groups in total. The molecule has 21 heavy (non-hydrogen) atoms. The molecule has 0 aromatic carbocycles. The normalized spacial score (nSPS) is 44.3. The lowest BCUT2D eigenvalue weighted by atomic mass is 9.57. The minimum absolute atomic E-state index is 0.236. The molecule has 118 valence electrons. The molecule has 4 aliphatic rings. The number of hydrogen-bond acceptors (Lipinski definition) is 0. The lowest BCUT2D eigenvalue weighted by molar-refractivity contribution is 0.0988. The number of rotatable bonds is 2. The van der Waals surface area contributed by atoms with Crippen molar-refractivity contribution in [3.63, 3.8) is 0 Å². The molecule has 0 unspecified atom stereocenters. The molecule has 0 aromatic rings. The number of halogens is 3. The fourth-order valence-corrected chi connectivity index (χ4v) is 4.26. The molecule has 0 saturated heterocycles. The number of fused-ring (bicyclic) bond motifs is 2. The first-order valence-electron chi connectivity index (χ1n) is 8.31. The van der Waals surface area contributed by atoms with Crippen molar-refractivity contribution in [3.8, 4) is 0 Å². The average molecular weight is 298 g/mol. The third-order valence-corrected chi connectivity index (χ3v) is 6.25. The summed E-state index contributed by atoms with van der Waals surface area (Å²) in [5.41, 5.74) is -1.42.